The van der Waals surface area contributed by atoms with Crippen molar-refractivity contribution in [2.24, 2.45) is 0 Å². The SMILES string of the molecule is CCOc1cc(/C=C/C(=O)c2cccs2)ccc1OC1CCCC1. The Morgan fingerprint density at radius 3 is 2.79 bits per heavy atom. The fourth-order valence-electron chi connectivity index (χ4n) is 2.85. The molecule has 0 radical (unpaired) electrons. The number of ether oxygens (including phenoxy) is 2. The van der Waals surface area contributed by atoms with Crippen LogP contribution in [-0.2, 0) is 0 Å². The number of hydrogen-bond donors (Lipinski definition) is 0. The average molecular weight is 342 g/mol. The molecule has 0 N–H and O–H groups in total. The summed E-state index contributed by atoms with van der Waals surface area (Å²) in [6, 6.07) is 9.56. The van der Waals surface area contributed by atoms with Gasteiger partial charge in [0.25, 0.3) is 0 Å². The second kappa shape index (κ2) is 8.15. The van der Waals surface area contributed by atoms with Crippen molar-refractivity contribution < 1.29 is 14.3 Å². The van der Waals surface area contributed by atoms with Crippen LogP contribution in [0.5, 0.6) is 11.5 Å². The van der Waals surface area contributed by atoms with Crippen molar-refractivity contribution in [2.45, 2.75) is 38.7 Å². The van der Waals surface area contributed by atoms with E-state index < -0.39 is 0 Å². The Bertz CT molecular complexity index is 698. The van der Waals surface area contributed by atoms with Gasteiger partial charge in [-0.15, -0.1) is 11.3 Å². The van der Waals surface area contributed by atoms with Gasteiger partial charge in [-0.3, -0.25) is 4.79 Å². The van der Waals surface area contributed by atoms with Crippen LogP contribution in [0, 0.1) is 0 Å². The third-order valence-corrected chi connectivity index (χ3v) is 4.94. The Labute approximate surface area is 146 Å². The standard InChI is InChI=1S/C20H22O3S/c1-2-22-19-14-15(9-11-17(21)20-8-5-13-24-20)10-12-18(19)23-16-6-3-4-7-16/h5,8-14,16H,2-4,6-7H2,1H3/b11-9+. The van der Waals surface area contributed by atoms with Crippen LogP contribution in [0.4, 0.5) is 0 Å². The van der Waals surface area contributed by atoms with Gasteiger partial charge in [0.15, 0.2) is 17.3 Å². The highest BCUT2D eigenvalue weighted by Gasteiger charge is 2.18. The predicted octanol–water partition coefficient (Wildman–Crippen LogP) is 5.36. The number of carbonyl (C=O) groups is 1. The van der Waals surface area contributed by atoms with Crippen LogP contribution in [0.25, 0.3) is 6.08 Å². The van der Waals surface area contributed by atoms with Gasteiger partial charge in [-0.05, 0) is 67.8 Å². The zero-order valence-electron chi connectivity index (χ0n) is 13.9. The predicted molar refractivity (Wildman–Crippen MR) is 98.2 cm³/mol. The topological polar surface area (TPSA) is 35.5 Å². The zero-order valence-corrected chi connectivity index (χ0v) is 14.7. The summed E-state index contributed by atoms with van der Waals surface area (Å²) < 4.78 is 11.8. The zero-order chi connectivity index (χ0) is 16.8. The van der Waals surface area contributed by atoms with E-state index in [2.05, 4.69) is 0 Å². The molecule has 0 spiro atoms. The Morgan fingerprint density at radius 1 is 1.25 bits per heavy atom. The van der Waals surface area contributed by atoms with Crippen LogP contribution < -0.4 is 9.47 Å². The molecule has 0 bridgehead atoms. The largest absolute Gasteiger partial charge is 0.490 e. The minimum absolute atomic E-state index is 0.0224. The van der Waals surface area contributed by atoms with Gasteiger partial charge in [-0.25, -0.2) is 0 Å². The lowest BCUT2D eigenvalue weighted by Gasteiger charge is -2.17. The van der Waals surface area contributed by atoms with Gasteiger partial charge in [0.2, 0.25) is 0 Å². The lowest BCUT2D eigenvalue weighted by Crippen LogP contribution is -2.11. The number of carbonyl (C=O) groups excluding carboxylic acids is 1. The molecule has 1 aliphatic carbocycles. The van der Waals surface area contributed by atoms with Crippen molar-refractivity contribution in [3.05, 3.63) is 52.2 Å². The lowest BCUT2D eigenvalue weighted by atomic mass is 10.1. The van der Waals surface area contributed by atoms with Gasteiger partial charge in [-0.1, -0.05) is 18.2 Å². The van der Waals surface area contributed by atoms with E-state index in [1.54, 1.807) is 6.08 Å². The van der Waals surface area contributed by atoms with Gasteiger partial charge in [0, 0.05) is 0 Å². The fraction of sp³-hybridized carbons (Fsp3) is 0.350. The average Bonchev–Trinajstić information content (AvgIpc) is 3.28. The van der Waals surface area contributed by atoms with Crippen molar-refractivity contribution in [1.29, 1.82) is 0 Å². The van der Waals surface area contributed by atoms with Crippen LogP contribution in [0.3, 0.4) is 0 Å². The summed E-state index contributed by atoms with van der Waals surface area (Å²) in [6.07, 6.45) is 8.43. The van der Waals surface area contributed by atoms with Crippen molar-refractivity contribution in [3.8, 4) is 11.5 Å². The Hall–Kier alpha value is -2.07. The summed E-state index contributed by atoms with van der Waals surface area (Å²) >= 11 is 1.45. The van der Waals surface area contributed by atoms with Crippen LogP contribution in [-0.4, -0.2) is 18.5 Å². The molecular weight excluding hydrogens is 320 g/mol. The quantitative estimate of drug-likeness (QED) is 0.501. The maximum atomic E-state index is 12.1. The summed E-state index contributed by atoms with van der Waals surface area (Å²) in [5.74, 6) is 1.56. The van der Waals surface area contributed by atoms with Crippen molar-refractivity contribution in [1.82, 2.24) is 0 Å². The number of ketones is 1. The molecule has 0 aliphatic heterocycles. The summed E-state index contributed by atoms with van der Waals surface area (Å²) in [5.41, 5.74) is 0.933. The summed E-state index contributed by atoms with van der Waals surface area (Å²) in [7, 11) is 0. The minimum Gasteiger partial charge on any atom is -0.490 e. The highest BCUT2D eigenvalue weighted by molar-refractivity contribution is 7.12. The fourth-order valence-corrected chi connectivity index (χ4v) is 3.50. The van der Waals surface area contributed by atoms with E-state index >= 15 is 0 Å². The minimum atomic E-state index is 0.0224. The maximum absolute atomic E-state index is 12.1. The molecule has 1 saturated carbocycles. The molecule has 2 aromatic rings. The van der Waals surface area contributed by atoms with Crippen molar-refractivity contribution in [2.75, 3.05) is 6.61 Å². The van der Waals surface area contributed by atoms with E-state index in [1.165, 1.54) is 24.2 Å². The first-order chi connectivity index (χ1) is 11.8. The molecule has 0 unspecified atom stereocenters. The molecule has 1 heterocycles. The lowest BCUT2D eigenvalue weighted by molar-refractivity contribution is 0.105. The van der Waals surface area contributed by atoms with Gasteiger partial charge < -0.3 is 9.47 Å². The molecule has 0 saturated heterocycles. The second-order valence-corrected chi connectivity index (χ2v) is 6.79. The van der Waals surface area contributed by atoms with E-state index in [1.807, 2.05) is 48.7 Å². The van der Waals surface area contributed by atoms with Gasteiger partial charge in [0.05, 0.1) is 17.6 Å². The van der Waals surface area contributed by atoms with Gasteiger partial charge in [0.1, 0.15) is 0 Å². The number of benzene rings is 1. The van der Waals surface area contributed by atoms with Crippen LogP contribution >= 0.6 is 11.3 Å². The molecule has 1 aromatic heterocycles. The number of rotatable bonds is 7. The summed E-state index contributed by atoms with van der Waals surface area (Å²) in [4.78, 5) is 12.8. The highest BCUT2D eigenvalue weighted by atomic mass is 32.1. The molecule has 126 valence electrons. The monoisotopic (exact) mass is 342 g/mol. The first-order valence-corrected chi connectivity index (χ1v) is 9.33. The molecule has 24 heavy (non-hydrogen) atoms. The Morgan fingerprint density at radius 2 is 2.08 bits per heavy atom. The summed E-state index contributed by atoms with van der Waals surface area (Å²) in [6.45, 7) is 2.55. The Balaban J connectivity index is 1.74. The van der Waals surface area contributed by atoms with Crippen LogP contribution in [0.15, 0.2) is 41.8 Å². The third kappa shape index (κ3) is 4.26. The molecule has 1 aromatic carbocycles. The molecule has 4 heteroatoms. The summed E-state index contributed by atoms with van der Waals surface area (Å²) in [5, 5.41) is 1.91. The molecule has 1 aliphatic rings. The van der Waals surface area contributed by atoms with Crippen molar-refractivity contribution >= 4 is 23.2 Å². The number of thiophene rings is 1. The van der Waals surface area contributed by atoms with E-state index in [0.717, 1.165) is 34.8 Å². The smallest absolute Gasteiger partial charge is 0.195 e. The maximum Gasteiger partial charge on any atom is 0.195 e. The third-order valence-electron chi connectivity index (χ3n) is 4.05. The van der Waals surface area contributed by atoms with Gasteiger partial charge >= 0.3 is 0 Å². The van der Waals surface area contributed by atoms with Crippen LogP contribution in [0.1, 0.15) is 47.8 Å². The van der Waals surface area contributed by atoms with Crippen LogP contribution in [0.2, 0.25) is 0 Å². The molecule has 3 rings (SSSR count). The normalized spacial score (nSPS) is 15.0. The molecule has 1 fully saturated rings. The number of hydrogen-bond acceptors (Lipinski definition) is 4. The first kappa shape index (κ1) is 16.8. The molecular formula is C20H22O3S. The number of allylic oxidation sites excluding steroid dienone is 1. The van der Waals surface area contributed by atoms with E-state index in [9.17, 15) is 4.79 Å². The van der Waals surface area contributed by atoms with Gasteiger partial charge in [-0.2, -0.15) is 0 Å². The van der Waals surface area contributed by atoms with Crippen molar-refractivity contribution in [3.63, 3.8) is 0 Å². The second-order valence-electron chi connectivity index (χ2n) is 5.84. The Kier molecular flexibility index (Phi) is 5.70. The molecule has 0 atom stereocenters. The van der Waals surface area contributed by atoms with E-state index in [4.69, 9.17) is 9.47 Å². The first-order valence-electron chi connectivity index (χ1n) is 8.45. The highest BCUT2D eigenvalue weighted by Crippen LogP contribution is 2.33. The molecule has 3 nitrogen and oxygen atoms in total. The molecule has 0 amide bonds. The van der Waals surface area contributed by atoms with E-state index in [-0.39, 0.29) is 5.78 Å². The van der Waals surface area contributed by atoms with E-state index in [0.29, 0.717) is 12.7 Å².